The fourth-order valence-electron chi connectivity index (χ4n) is 1.66. The van der Waals surface area contributed by atoms with E-state index in [0.29, 0.717) is 5.82 Å². The van der Waals surface area contributed by atoms with Crippen molar-refractivity contribution in [1.82, 2.24) is 4.98 Å². The van der Waals surface area contributed by atoms with Gasteiger partial charge in [-0.15, -0.1) is 0 Å². The predicted octanol–water partition coefficient (Wildman–Crippen LogP) is 4.00. The highest BCUT2D eigenvalue weighted by molar-refractivity contribution is 6.29. The zero-order valence-electron chi connectivity index (χ0n) is 10.5. The zero-order chi connectivity index (χ0) is 14.0. The molecule has 0 saturated heterocycles. The molecule has 1 N–H and O–H groups in total. The number of nitrogens with zero attached hydrogens (tertiary/aromatic N) is 2. The van der Waals surface area contributed by atoms with E-state index in [4.69, 9.17) is 11.6 Å². The van der Waals surface area contributed by atoms with Crippen molar-refractivity contribution in [2.75, 3.05) is 5.32 Å². The number of anilines is 2. The van der Waals surface area contributed by atoms with Gasteiger partial charge < -0.3 is 5.32 Å². The van der Waals surface area contributed by atoms with E-state index in [-0.39, 0.29) is 10.8 Å². The second-order valence-electron chi connectivity index (χ2n) is 4.23. The van der Waals surface area contributed by atoms with Crippen LogP contribution in [-0.2, 0) is 0 Å². The standard InChI is InChI=1S/C13H12ClN3O2/c1-8-3-4-9(2)11(5-8)15-13-7-10(17(18)19)6-12(14)16-13/h3-7H,1-2H3,(H,15,16). The van der Waals surface area contributed by atoms with E-state index in [1.807, 2.05) is 32.0 Å². The minimum absolute atomic E-state index is 0.0852. The third kappa shape index (κ3) is 3.20. The molecule has 2 rings (SSSR count). The quantitative estimate of drug-likeness (QED) is 0.523. The van der Waals surface area contributed by atoms with Gasteiger partial charge in [0.15, 0.2) is 0 Å². The van der Waals surface area contributed by atoms with Crippen LogP contribution in [0.15, 0.2) is 30.3 Å². The number of hydrogen-bond donors (Lipinski definition) is 1. The van der Waals surface area contributed by atoms with E-state index in [2.05, 4.69) is 10.3 Å². The van der Waals surface area contributed by atoms with E-state index in [1.54, 1.807) is 0 Å². The van der Waals surface area contributed by atoms with E-state index in [9.17, 15) is 10.1 Å². The van der Waals surface area contributed by atoms with Crippen LogP contribution in [0.4, 0.5) is 17.2 Å². The van der Waals surface area contributed by atoms with Gasteiger partial charge in [-0.3, -0.25) is 10.1 Å². The number of pyridine rings is 1. The van der Waals surface area contributed by atoms with Crippen LogP contribution in [0.3, 0.4) is 0 Å². The Morgan fingerprint density at radius 2 is 2.00 bits per heavy atom. The molecule has 0 aliphatic carbocycles. The molecular weight excluding hydrogens is 266 g/mol. The smallest absolute Gasteiger partial charge is 0.276 e. The highest BCUT2D eigenvalue weighted by Gasteiger charge is 2.11. The van der Waals surface area contributed by atoms with Crippen molar-refractivity contribution in [2.45, 2.75) is 13.8 Å². The Morgan fingerprint density at radius 3 is 2.68 bits per heavy atom. The molecule has 0 unspecified atom stereocenters. The summed E-state index contributed by atoms with van der Waals surface area (Å²) in [6, 6.07) is 8.48. The lowest BCUT2D eigenvalue weighted by atomic mass is 10.1. The van der Waals surface area contributed by atoms with Crippen molar-refractivity contribution in [1.29, 1.82) is 0 Å². The lowest BCUT2D eigenvalue weighted by Gasteiger charge is -2.09. The lowest BCUT2D eigenvalue weighted by Crippen LogP contribution is -1.98. The number of benzene rings is 1. The summed E-state index contributed by atoms with van der Waals surface area (Å²) in [7, 11) is 0. The highest BCUT2D eigenvalue weighted by Crippen LogP contribution is 2.25. The van der Waals surface area contributed by atoms with E-state index >= 15 is 0 Å². The highest BCUT2D eigenvalue weighted by atomic mass is 35.5. The molecule has 5 nitrogen and oxygen atoms in total. The van der Waals surface area contributed by atoms with Crippen molar-refractivity contribution in [3.63, 3.8) is 0 Å². The average molecular weight is 278 g/mol. The third-order valence-electron chi connectivity index (χ3n) is 2.65. The summed E-state index contributed by atoms with van der Waals surface area (Å²) in [4.78, 5) is 14.3. The van der Waals surface area contributed by atoms with Crippen molar-refractivity contribution in [3.05, 3.63) is 56.7 Å². The molecule has 6 heteroatoms. The summed E-state index contributed by atoms with van der Waals surface area (Å²) in [6.07, 6.45) is 0. The predicted molar refractivity (Wildman–Crippen MR) is 75.1 cm³/mol. The molecule has 0 spiro atoms. The Balaban J connectivity index is 2.38. The Bertz CT molecular complexity index is 644. The molecule has 0 aliphatic rings. The van der Waals surface area contributed by atoms with Crippen LogP contribution < -0.4 is 5.32 Å². The fourth-order valence-corrected chi connectivity index (χ4v) is 1.86. The molecule has 0 aliphatic heterocycles. The molecule has 2 aromatic rings. The van der Waals surface area contributed by atoms with Crippen LogP contribution in [0.1, 0.15) is 11.1 Å². The monoisotopic (exact) mass is 277 g/mol. The van der Waals surface area contributed by atoms with E-state index in [1.165, 1.54) is 12.1 Å². The second-order valence-corrected chi connectivity index (χ2v) is 4.62. The van der Waals surface area contributed by atoms with Crippen LogP contribution in [0, 0.1) is 24.0 Å². The number of rotatable bonds is 3. The number of aromatic nitrogens is 1. The number of nitro groups is 1. The van der Waals surface area contributed by atoms with Crippen LogP contribution in [-0.4, -0.2) is 9.91 Å². The van der Waals surface area contributed by atoms with Crippen molar-refractivity contribution >= 4 is 28.8 Å². The second kappa shape index (κ2) is 5.24. The number of nitrogens with one attached hydrogen (secondary N) is 1. The maximum Gasteiger partial charge on any atom is 0.276 e. The SMILES string of the molecule is Cc1ccc(C)c(Nc2cc([N+](=O)[O-])cc(Cl)n2)c1. The van der Waals surface area contributed by atoms with Gasteiger partial charge in [0.05, 0.1) is 17.1 Å². The van der Waals surface area contributed by atoms with Crippen molar-refractivity contribution in [3.8, 4) is 0 Å². The van der Waals surface area contributed by atoms with Crippen LogP contribution in [0.5, 0.6) is 0 Å². The van der Waals surface area contributed by atoms with Gasteiger partial charge in [-0.2, -0.15) is 0 Å². The Morgan fingerprint density at radius 1 is 1.26 bits per heavy atom. The largest absolute Gasteiger partial charge is 0.340 e. The molecule has 0 fully saturated rings. The molecule has 1 aromatic heterocycles. The average Bonchev–Trinajstić information content (AvgIpc) is 2.33. The normalized spacial score (nSPS) is 10.3. The Labute approximate surface area is 115 Å². The van der Waals surface area contributed by atoms with Gasteiger partial charge in [0, 0.05) is 5.69 Å². The molecule has 0 atom stereocenters. The Kier molecular flexibility index (Phi) is 3.66. The molecule has 1 aromatic carbocycles. The number of halogens is 1. The molecule has 19 heavy (non-hydrogen) atoms. The van der Waals surface area contributed by atoms with Gasteiger partial charge in [0.1, 0.15) is 11.0 Å². The van der Waals surface area contributed by atoms with Crippen LogP contribution in [0.2, 0.25) is 5.15 Å². The topological polar surface area (TPSA) is 68.1 Å². The van der Waals surface area contributed by atoms with Gasteiger partial charge in [0.25, 0.3) is 5.69 Å². The summed E-state index contributed by atoms with van der Waals surface area (Å²) in [5.41, 5.74) is 2.87. The molecule has 0 saturated carbocycles. The van der Waals surface area contributed by atoms with Crippen molar-refractivity contribution < 1.29 is 4.92 Å². The summed E-state index contributed by atoms with van der Waals surface area (Å²) in [5.74, 6) is 0.355. The minimum atomic E-state index is -0.498. The summed E-state index contributed by atoms with van der Waals surface area (Å²) in [5, 5.41) is 13.9. The number of aryl methyl sites for hydroxylation is 2. The molecule has 98 valence electrons. The van der Waals surface area contributed by atoms with E-state index in [0.717, 1.165) is 16.8 Å². The van der Waals surface area contributed by atoms with Crippen LogP contribution in [0.25, 0.3) is 0 Å². The van der Waals surface area contributed by atoms with Crippen LogP contribution >= 0.6 is 11.6 Å². The van der Waals surface area contributed by atoms with Gasteiger partial charge in [-0.1, -0.05) is 23.7 Å². The first kappa shape index (κ1) is 13.3. The van der Waals surface area contributed by atoms with Gasteiger partial charge in [-0.05, 0) is 31.0 Å². The summed E-state index contributed by atoms with van der Waals surface area (Å²) < 4.78 is 0. The van der Waals surface area contributed by atoms with E-state index < -0.39 is 4.92 Å². The van der Waals surface area contributed by atoms with Gasteiger partial charge in [-0.25, -0.2) is 4.98 Å². The molecule has 0 amide bonds. The fraction of sp³-hybridized carbons (Fsp3) is 0.154. The molecule has 1 heterocycles. The maximum atomic E-state index is 10.8. The molecule has 0 radical (unpaired) electrons. The van der Waals surface area contributed by atoms with Gasteiger partial charge >= 0.3 is 0 Å². The first-order chi connectivity index (χ1) is 8.95. The Hall–Kier alpha value is -2.14. The first-order valence-electron chi connectivity index (χ1n) is 5.62. The van der Waals surface area contributed by atoms with Gasteiger partial charge in [0.2, 0.25) is 0 Å². The number of hydrogen-bond acceptors (Lipinski definition) is 4. The maximum absolute atomic E-state index is 10.8. The minimum Gasteiger partial charge on any atom is -0.340 e. The molecular formula is C13H12ClN3O2. The lowest BCUT2D eigenvalue weighted by molar-refractivity contribution is -0.384. The third-order valence-corrected chi connectivity index (χ3v) is 2.84. The first-order valence-corrected chi connectivity index (χ1v) is 6.00. The van der Waals surface area contributed by atoms with Crippen molar-refractivity contribution in [2.24, 2.45) is 0 Å². The summed E-state index contributed by atoms with van der Waals surface area (Å²) >= 11 is 5.78. The molecule has 0 bridgehead atoms. The zero-order valence-corrected chi connectivity index (χ0v) is 11.2. The summed E-state index contributed by atoms with van der Waals surface area (Å²) in [6.45, 7) is 3.92.